The van der Waals surface area contributed by atoms with Crippen molar-refractivity contribution >= 4 is 23.2 Å². The standard InChI is InChI=1S/C15H19N3O2/c19-14-6-3-11-7-12(4-5-13(11)18-14)17-15(20)9-16-8-10-1-2-10/h4-5,7,10,16H,1-3,6,8-9H2,(H,17,20)(H,18,19). The number of anilines is 2. The van der Waals surface area contributed by atoms with Crippen molar-refractivity contribution in [2.24, 2.45) is 5.92 Å². The first kappa shape index (κ1) is 13.1. The highest BCUT2D eigenvalue weighted by atomic mass is 16.2. The van der Waals surface area contributed by atoms with E-state index in [1.807, 2.05) is 18.2 Å². The normalized spacial score (nSPS) is 17.3. The van der Waals surface area contributed by atoms with Crippen molar-refractivity contribution in [2.75, 3.05) is 23.7 Å². The Kier molecular flexibility index (Phi) is 3.69. The fourth-order valence-corrected chi connectivity index (χ4v) is 2.38. The predicted octanol–water partition coefficient (Wildman–Crippen LogP) is 1.51. The van der Waals surface area contributed by atoms with E-state index in [4.69, 9.17) is 0 Å². The summed E-state index contributed by atoms with van der Waals surface area (Å²) in [6.07, 6.45) is 3.80. The molecule has 0 aromatic heterocycles. The number of hydrogen-bond acceptors (Lipinski definition) is 3. The molecule has 0 spiro atoms. The third-order valence-corrected chi connectivity index (χ3v) is 3.70. The van der Waals surface area contributed by atoms with Gasteiger partial charge >= 0.3 is 0 Å². The molecule has 0 bridgehead atoms. The van der Waals surface area contributed by atoms with Gasteiger partial charge in [0.05, 0.1) is 6.54 Å². The second-order valence-corrected chi connectivity index (χ2v) is 5.54. The Morgan fingerprint density at radius 3 is 2.95 bits per heavy atom. The molecule has 5 heteroatoms. The number of benzene rings is 1. The van der Waals surface area contributed by atoms with Gasteiger partial charge < -0.3 is 16.0 Å². The topological polar surface area (TPSA) is 70.2 Å². The molecule has 1 aliphatic heterocycles. The molecule has 0 unspecified atom stereocenters. The van der Waals surface area contributed by atoms with Gasteiger partial charge in [-0.05, 0) is 55.5 Å². The van der Waals surface area contributed by atoms with E-state index in [9.17, 15) is 9.59 Å². The van der Waals surface area contributed by atoms with Crippen LogP contribution in [0.5, 0.6) is 0 Å². The van der Waals surface area contributed by atoms with Crippen molar-refractivity contribution in [3.05, 3.63) is 23.8 Å². The molecule has 0 radical (unpaired) electrons. The summed E-state index contributed by atoms with van der Waals surface area (Å²) in [5.74, 6) is 0.805. The number of nitrogens with one attached hydrogen (secondary N) is 3. The summed E-state index contributed by atoms with van der Waals surface area (Å²) < 4.78 is 0. The maximum Gasteiger partial charge on any atom is 0.238 e. The monoisotopic (exact) mass is 273 g/mol. The molecule has 1 fully saturated rings. The average molecular weight is 273 g/mol. The quantitative estimate of drug-likeness (QED) is 0.761. The predicted molar refractivity (Wildman–Crippen MR) is 77.6 cm³/mol. The number of hydrogen-bond donors (Lipinski definition) is 3. The lowest BCUT2D eigenvalue weighted by atomic mass is 10.0. The zero-order valence-corrected chi connectivity index (χ0v) is 11.4. The Bertz CT molecular complexity index is 538. The molecule has 1 aromatic rings. The summed E-state index contributed by atoms with van der Waals surface area (Å²) in [6.45, 7) is 1.29. The van der Waals surface area contributed by atoms with E-state index in [0.29, 0.717) is 13.0 Å². The van der Waals surface area contributed by atoms with Crippen LogP contribution in [0.25, 0.3) is 0 Å². The van der Waals surface area contributed by atoms with Crippen LogP contribution in [0.2, 0.25) is 0 Å². The van der Waals surface area contributed by atoms with E-state index in [1.165, 1.54) is 12.8 Å². The lowest BCUT2D eigenvalue weighted by Crippen LogP contribution is -2.29. The number of aryl methyl sites for hydroxylation is 1. The largest absolute Gasteiger partial charge is 0.326 e. The molecule has 20 heavy (non-hydrogen) atoms. The van der Waals surface area contributed by atoms with E-state index >= 15 is 0 Å². The maximum atomic E-state index is 11.8. The van der Waals surface area contributed by atoms with Gasteiger partial charge in [0.1, 0.15) is 0 Å². The van der Waals surface area contributed by atoms with Gasteiger partial charge in [0.25, 0.3) is 0 Å². The Morgan fingerprint density at radius 1 is 1.30 bits per heavy atom. The molecule has 1 aliphatic carbocycles. The van der Waals surface area contributed by atoms with Gasteiger partial charge in [-0.2, -0.15) is 0 Å². The van der Waals surface area contributed by atoms with Crippen LogP contribution < -0.4 is 16.0 Å². The average Bonchev–Trinajstić information content (AvgIpc) is 3.23. The summed E-state index contributed by atoms with van der Waals surface area (Å²) in [6, 6.07) is 5.61. The van der Waals surface area contributed by atoms with Gasteiger partial charge in [-0.15, -0.1) is 0 Å². The lowest BCUT2D eigenvalue weighted by molar-refractivity contribution is -0.116. The second-order valence-electron chi connectivity index (χ2n) is 5.54. The van der Waals surface area contributed by atoms with Crippen molar-refractivity contribution in [2.45, 2.75) is 25.7 Å². The molecular formula is C15H19N3O2. The van der Waals surface area contributed by atoms with Crippen molar-refractivity contribution < 1.29 is 9.59 Å². The van der Waals surface area contributed by atoms with Crippen molar-refractivity contribution in [1.82, 2.24) is 5.32 Å². The van der Waals surface area contributed by atoms with Crippen LogP contribution in [0.15, 0.2) is 18.2 Å². The van der Waals surface area contributed by atoms with Crippen molar-refractivity contribution in [3.8, 4) is 0 Å². The van der Waals surface area contributed by atoms with Crippen LogP contribution in [0, 0.1) is 5.92 Å². The molecule has 3 rings (SSSR count). The lowest BCUT2D eigenvalue weighted by Gasteiger charge is -2.17. The van der Waals surface area contributed by atoms with E-state index < -0.39 is 0 Å². The SMILES string of the molecule is O=C(CNCC1CC1)Nc1ccc2c(c1)CCC(=O)N2. The minimum Gasteiger partial charge on any atom is -0.326 e. The van der Waals surface area contributed by atoms with Crippen LogP contribution in [-0.4, -0.2) is 24.9 Å². The van der Waals surface area contributed by atoms with Gasteiger partial charge in [0.2, 0.25) is 11.8 Å². The van der Waals surface area contributed by atoms with Crippen LogP contribution in [0.1, 0.15) is 24.8 Å². The van der Waals surface area contributed by atoms with E-state index in [1.54, 1.807) is 0 Å². The highest BCUT2D eigenvalue weighted by Gasteiger charge is 2.20. The summed E-state index contributed by atoms with van der Waals surface area (Å²) >= 11 is 0. The minimum atomic E-state index is -0.0227. The molecule has 3 N–H and O–H groups in total. The van der Waals surface area contributed by atoms with Gasteiger partial charge in [-0.1, -0.05) is 0 Å². The van der Waals surface area contributed by atoms with E-state index in [0.717, 1.165) is 35.8 Å². The Labute approximate surface area is 118 Å². The van der Waals surface area contributed by atoms with Crippen LogP contribution in [-0.2, 0) is 16.0 Å². The Balaban J connectivity index is 1.54. The third kappa shape index (κ3) is 3.36. The zero-order chi connectivity index (χ0) is 13.9. The maximum absolute atomic E-state index is 11.8. The number of fused-ring (bicyclic) bond motifs is 1. The first-order valence-electron chi connectivity index (χ1n) is 7.14. The first-order valence-corrected chi connectivity index (χ1v) is 7.14. The molecule has 1 saturated carbocycles. The minimum absolute atomic E-state index is 0.0227. The number of rotatable bonds is 5. The van der Waals surface area contributed by atoms with Gasteiger partial charge in [0, 0.05) is 17.8 Å². The summed E-state index contributed by atoms with van der Waals surface area (Å²) in [5.41, 5.74) is 2.72. The van der Waals surface area contributed by atoms with E-state index in [2.05, 4.69) is 16.0 Å². The van der Waals surface area contributed by atoms with Crippen LogP contribution in [0.4, 0.5) is 11.4 Å². The molecule has 1 aromatic carbocycles. The Morgan fingerprint density at radius 2 is 2.15 bits per heavy atom. The fourth-order valence-electron chi connectivity index (χ4n) is 2.38. The molecule has 0 atom stereocenters. The van der Waals surface area contributed by atoms with Crippen molar-refractivity contribution in [1.29, 1.82) is 0 Å². The molecule has 5 nitrogen and oxygen atoms in total. The number of amides is 2. The van der Waals surface area contributed by atoms with Gasteiger partial charge in [-0.3, -0.25) is 9.59 Å². The van der Waals surface area contributed by atoms with Crippen LogP contribution in [0.3, 0.4) is 0 Å². The Hall–Kier alpha value is -1.88. The third-order valence-electron chi connectivity index (χ3n) is 3.70. The van der Waals surface area contributed by atoms with Crippen molar-refractivity contribution in [3.63, 3.8) is 0 Å². The number of carbonyl (C=O) groups is 2. The molecule has 106 valence electrons. The van der Waals surface area contributed by atoms with Gasteiger partial charge in [0.15, 0.2) is 0 Å². The van der Waals surface area contributed by atoms with Crippen LogP contribution >= 0.6 is 0 Å². The smallest absolute Gasteiger partial charge is 0.238 e. The van der Waals surface area contributed by atoms with E-state index in [-0.39, 0.29) is 11.8 Å². The summed E-state index contributed by atoms with van der Waals surface area (Å²) in [5, 5.41) is 8.88. The zero-order valence-electron chi connectivity index (χ0n) is 11.4. The molecule has 2 aliphatic rings. The molecular weight excluding hydrogens is 254 g/mol. The molecule has 0 saturated heterocycles. The second kappa shape index (κ2) is 5.63. The van der Waals surface area contributed by atoms with Gasteiger partial charge in [-0.25, -0.2) is 0 Å². The summed E-state index contributed by atoms with van der Waals surface area (Å²) in [4.78, 5) is 23.1. The molecule has 2 amide bonds. The number of carbonyl (C=O) groups excluding carboxylic acids is 2. The highest BCUT2D eigenvalue weighted by molar-refractivity contribution is 5.96. The fraction of sp³-hybridized carbons (Fsp3) is 0.467. The highest BCUT2D eigenvalue weighted by Crippen LogP contribution is 2.27. The first-order chi connectivity index (χ1) is 9.70. The molecule has 1 heterocycles. The summed E-state index contributed by atoms with van der Waals surface area (Å²) in [7, 11) is 0.